The van der Waals surface area contributed by atoms with Crippen molar-refractivity contribution in [3.63, 3.8) is 0 Å². The van der Waals surface area contributed by atoms with Crippen molar-refractivity contribution < 1.29 is 23.1 Å². The lowest BCUT2D eigenvalue weighted by Gasteiger charge is -2.26. The fraction of sp³-hybridized carbons (Fsp3) is 0.464. The molecule has 6 heteroatoms. The number of benzene rings is 2. The first kappa shape index (κ1) is 26.0. The molecule has 0 fully saturated rings. The molecular formula is C28H35O5S-. The average Bonchev–Trinajstić information content (AvgIpc) is 2.86. The number of aromatic carboxylic acids is 1. The van der Waals surface area contributed by atoms with E-state index in [1.807, 2.05) is 19.1 Å². The Morgan fingerprint density at radius 3 is 2.47 bits per heavy atom. The molecule has 2 aromatic carbocycles. The molecule has 0 aliphatic carbocycles. The van der Waals surface area contributed by atoms with E-state index in [0.717, 1.165) is 54.4 Å². The molecule has 0 bridgehead atoms. The van der Waals surface area contributed by atoms with Crippen molar-refractivity contribution in [1.29, 1.82) is 0 Å². The van der Waals surface area contributed by atoms with Crippen LogP contribution in [0.1, 0.15) is 93.3 Å². The van der Waals surface area contributed by atoms with Gasteiger partial charge in [0, 0.05) is 5.56 Å². The standard InChI is InChI=1S/C28H36O5S/c1-5-6-7-8-15-33-25-19-26-24(28(3,4)14-9-16-34(26,31)32)18-23(25)20(2)17-21-10-12-22(13-11-21)27(29)30/h10-13,17-19H,5-9,14-16H2,1-4H3,(H,29,30)/p-1/b20-17+. The van der Waals surface area contributed by atoms with Crippen LogP contribution in [0.2, 0.25) is 0 Å². The Labute approximate surface area is 203 Å². The highest BCUT2D eigenvalue weighted by atomic mass is 32.2. The molecule has 2 aromatic rings. The minimum absolute atomic E-state index is 0.128. The molecule has 0 radical (unpaired) electrons. The Kier molecular flexibility index (Phi) is 8.24. The van der Waals surface area contributed by atoms with E-state index < -0.39 is 15.8 Å². The Morgan fingerprint density at radius 1 is 1.12 bits per heavy atom. The quantitative estimate of drug-likeness (QED) is 0.351. The number of hydrogen-bond donors (Lipinski definition) is 0. The zero-order valence-electron chi connectivity index (χ0n) is 20.6. The molecule has 1 aliphatic rings. The van der Waals surface area contributed by atoms with Crippen LogP contribution in [-0.4, -0.2) is 26.7 Å². The maximum Gasteiger partial charge on any atom is 0.178 e. The van der Waals surface area contributed by atoms with Crippen LogP contribution in [0.3, 0.4) is 0 Å². The second kappa shape index (κ2) is 10.8. The Hall–Kier alpha value is -2.60. The van der Waals surface area contributed by atoms with Gasteiger partial charge in [-0.05, 0) is 66.0 Å². The van der Waals surface area contributed by atoms with Crippen molar-refractivity contribution in [3.05, 3.63) is 58.7 Å². The van der Waals surface area contributed by atoms with Crippen LogP contribution in [0.4, 0.5) is 0 Å². The van der Waals surface area contributed by atoms with Gasteiger partial charge in [-0.15, -0.1) is 0 Å². The van der Waals surface area contributed by atoms with E-state index in [9.17, 15) is 18.3 Å². The van der Waals surface area contributed by atoms with Gasteiger partial charge < -0.3 is 14.6 Å². The topological polar surface area (TPSA) is 83.5 Å². The number of rotatable bonds is 9. The Bertz CT molecular complexity index is 1160. The van der Waals surface area contributed by atoms with Crippen molar-refractivity contribution in [1.82, 2.24) is 0 Å². The first-order chi connectivity index (χ1) is 16.0. The van der Waals surface area contributed by atoms with Crippen LogP contribution in [0, 0.1) is 0 Å². The molecule has 5 nitrogen and oxygen atoms in total. The van der Waals surface area contributed by atoms with Crippen LogP contribution >= 0.6 is 0 Å². The van der Waals surface area contributed by atoms with Gasteiger partial charge in [0.2, 0.25) is 0 Å². The first-order valence-corrected chi connectivity index (χ1v) is 13.7. The highest BCUT2D eigenvalue weighted by Crippen LogP contribution is 2.42. The van der Waals surface area contributed by atoms with Gasteiger partial charge in [0.05, 0.1) is 23.2 Å². The minimum atomic E-state index is -3.39. The number of carboxylic acid groups (broad SMARTS) is 1. The van der Waals surface area contributed by atoms with Gasteiger partial charge in [-0.2, -0.15) is 0 Å². The molecule has 0 saturated heterocycles. The average molecular weight is 484 g/mol. The van der Waals surface area contributed by atoms with E-state index in [0.29, 0.717) is 23.7 Å². The summed E-state index contributed by atoms with van der Waals surface area (Å²) in [6.07, 6.45) is 7.65. The molecule has 0 atom stereocenters. The lowest BCUT2D eigenvalue weighted by Crippen LogP contribution is -2.21. The van der Waals surface area contributed by atoms with Gasteiger partial charge in [-0.25, -0.2) is 8.42 Å². The fourth-order valence-corrected chi connectivity index (χ4v) is 6.18. The summed E-state index contributed by atoms with van der Waals surface area (Å²) in [5, 5.41) is 11.1. The number of carbonyl (C=O) groups excluding carboxylic acids is 1. The third-order valence-electron chi connectivity index (χ3n) is 6.57. The molecule has 1 heterocycles. The van der Waals surface area contributed by atoms with Crippen LogP contribution in [0.25, 0.3) is 11.6 Å². The van der Waals surface area contributed by atoms with Gasteiger partial charge in [0.1, 0.15) is 5.75 Å². The summed E-state index contributed by atoms with van der Waals surface area (Å²) in [6, 6.07) is 10.2. The molecule has 34 heavy (non-hydrogen) atoms. The summed E-state index contributed by atoms with van der Waals surface area (Å²) < 4.78 is 32.3. The van der Waals surface area contributed by atoms with Crippen molar-refractivity contribution in [2.75, 3.05) is 12.4 Å². The zero-order valence-corrected chi connectivity index (χ0v) is 21.5. The third kappa shape index (κ3) is 6.09. The normalized spacial score (nSPS) is 17.0. The van der Waals surface area contributed by atoms with E-state index in [4.69, 9.17) is 4.74 Å². The summed E-state index contributed by atoms with van der Waals surface area (Å²) in [7, 11) is -3.39. The maximum atomic E-state index is 13.1. The molecule has 0 spiro atoms. The van der Waals surface area contributed by atoms with Crippen molar-refractivity contribution in [2.45, 2.75) is 76.5 Å². The summed E-state index contributed by atoms with van der Waals surface area (Å²) in [5.74, 6) is -0.477. The van der Waals surface area contributed by atoms with E-state index in [1.165, 1.54) is 12.1 Å². The van der Waals surface area contributed by atoms with Crippen LogP contribution in [0.15, 0.2) is 41.3 Å². The molecule has 0 unspecified atom stereocenters. The summed E-state index contributed by atoms with van der Waals surface area (Å²) in [5.41, 5.74) is 3.32. The van der Waals surface area contributed by atoms with E-state index >= 15 is 0 Å². The van der Waals surface area contributed by atoms with Crippen molar-refractivity contribution >= 4 is 27.5 Å². The number of carboxylic acids is 1. The number of unbranched alkanes of at least 4 members (excludes halogenated alkanes) is 3. The van der Waals surface area contributed by atoms with Gasteiger partial charge in [0.25, 0.3) is 0 Å². The number of fused-ring (bicyclic) bond motifs is 1. The highest BCUT2D eigenvalue weighted by Gasteiger charge is 2.34. The monoisotopic (exact) mass is 483 g/mol. The van der Waals surface area contributed by atoms with Crippen LogP contribution in [0.5, 0.6) is 5.75 Å². The number of carbonyl (C=O) groups is 1. The number of hydrogen-bond acceptors (Lipinski definition) is 5. The predicted octanol–water partition coefficient (Wildman–Crippen LogP) is 5.41. The minimum Gasteiger partial charge on any atom is -0.545 e. The summed E-state index contributed by atoms with van der Waals surface area (Å²) in [6.45, 7) is 8.85. The Morgan fingerprint density at radius 2 is 1.82 bits per heavy atom. The van der Waals surface area contributed by atoms with Gasteiger partial charge in [-0.1, -0.05) is 70.4 Å². The van der Waals surface area contributed by atoms with E-state index in [1.54, 1.807) is 18.2 Å². The highest BCUT2D eigenvalue weighted by molar-refractivity contribution is 7.91. The molecular weight excluding hydrogens is 448 g/mol. The van der Waals surface area contributed by atoms with Gasteiger partial charge >= 0.3 is 0 Å². The first-order valence-electron chi connectivity index (χ1n) is 12.1. The lowest BCUT2D eigenvalue weighted by molar-refractivity contribution is -0.255. The molecule has 0 aromatic heterocycles. The Balaban J connectivity index is 2.07. The number of ether oxygens (including phenoxy) is 1. The van der Waals surface area contributed by atoms with Gasteiger partial charge in [-0.3, -0.25) is 0 Å². The molecule has 3 rings (SSSR count). The smallest absolute Gasteiger partial charge is 0.178 e. The zero-order chi connectivity index (χ0) is 24.9. The van der Waals surface area contributed by atoms with Crippen LogP contribution in [-0.2, 0) is 15.3 Å². The third-order valence-corrected chi connectivity index (χ3v) is 8.40. The number of allylic oxidation sites excluding steroid dienone is 1. The SMILES string of the molecule is CCCCCCOc1cc2c(cc1/C(C)=C/c1ccc(C(=O)[O-])cc1)C(C)(C)CCCS2(=O)=O. The summed E-state index contributed by atoms with van der Waals surface area (Å²) in [4.78, 5) is 11.4. The molecule has 0 saturated carbocycles. The fourth-order valence-electron chi connectivity index (χ4n) is 4.48. The second-order valence-corrected chi connectivity index (χ2v) is 11.9. The van der Waals surface area contributed by atoms with Gasteiger partial charge in [0.15, 0.2) is 9.84 Å². The van der Waals surface area contributed by atoms with E-state index in [-0.39, 0.29) is 16.7 Å². The predicted molar refractivity (Wildman–Crippen MR) is 135 cm³/mol. The molecule has 0 N–H and O–H groups in total. The lowest BCUT2D eigenvalue weighted by atomic mass is 9.79. The number of sulfone groups is 1. The molecule has 1 aliphatic heterocycles. The maximum absolute atomic E-state index is 13.1. The second-order valence-electron chi connectivity index (χ2n) is 9.80. The van der Waals surface area contributed by atoms with Crippen molar-refractivity contribution in [3.8, 4) is 5.75 Å². The summed E-state index contributed by atoms with van der Waals surface area (Å²) >= 11 is 0. The van der Waals surface area contributed by atoms with Crippen LogP contribution < -0.4 is 9.84 Å². The molecule has 184 valence electrons. The molecule has 0 amide bonds. The largest absolute Gasteiger partial charge is 0.545 e. The van der Waals surface area contributed by atoms with Crippen molar-refractivity contribution in [2.24, 2.45) is 0 Å². The van der Waals surface area contributed by atoms with E-state index in [2.05, 4.69) is 20.8 Å².